The Morgan fingerprint density at radius 2 is 1.89 bits per heavy atom. The van der Waals surface area contributed by atoms with Gasteiger partial charge in [-0.3, -0.25) is 14.5 Å². The highest BCUT2D eigenvalue weighted by Crippen LogP contribution is 2.35. The molecule has 1 atom stereocenters. The molecule has 1 saturated heterocycles. The van der Waals surface area contributed by atoms with E-state index in [0.717, 1.165) is 44.6 Å². The lowest BCUT2D eigenvalue weighted by molar-refractivity contribution is 0.0689. The number of amides is 1. The zero-order valence-electron chi connectivity index (χ0n) is 16.8. The number of aryl methyl sites for hydroxylation is 1. The van der Waals surface area contributed by atoms with E-state index in [9.17, 15) is 9.59 Å². The van der Waals surface area contributed by atoms with Crippen LogP contribution in [0.5, 0.6) is 0 Å². The first kappa shape index (κ1) is 18.9. The molecule has 0 spiro atoms. The normalized spacial score (nSPS) is 20.8. The summed E-state index contributed by atoms with van der Waals surface area (Å²) in [6, 6.07) is 12.6. The van der Waals surface area contributed by atoms with Crippen molar-refractivity contribution < 1.29 is 4.79 Å². The molecular formula is C23H29N3O2. The van der Waals surface area contributed by atoms with Gasteiger partial charge in [-0.25, -0.2) is 0 Å². The minimum atomic E-state index is -0.156. The van der Waals surface area contributed by atoms with Gasteiger partial charge in [-0.05, 0) is 38.7 Å². The van der Waals surface area contributed by atoms with Crippen molar-refractivity contribution in [2.75, 3.05) is 19.6 Å². The highest BCUT2D eigenvalue weighted by Gasteiger charge is 2.30. The molecule has 1 amide bonds. The van der Waals surface area contributed by atoms with Gasteiger partial charge in [0.05, 0.1) is 0 Å². The van der Waals surface area contributed by atoms with E-state index in [-0.39, 0.29) is 17.4 Å². The molecule has 148 valence electrons. The molecule has 28 heavy (non-hydrogen) atoms. The lowest BCUT2D eigenvalue weighted by Crippen LogP contribution is -2.44. The standard InChI is InChI=1S/C23H29N3O2/c1-17-13-22(27)21(16-26(17)20-9-10-20)23(28)25-12-6-11-24(14-18(25)2)15-19-7-4-3-5-8-19/h3-5,7-8,13,16,18,20H,6,9-12,14-15H2,1-2H3. The maximum Gasteiger partial charge on any atom is 0.259 e. The van der Waals surface area contributed by atoms with Crippen LogP contribution in [0.2, 0.25) is 0 Å². The molecule has 2 heterocycles. The number of rotatable bonds is 4. The molecule has 0 N–H and O–H groups in total. The monoisotopic (exact) mass is 379 g/mol. The highest BCUT2D eigenvalue weighted by molar-refractivity contribution is 5.94. The Balaban J connectivity index is 1.50. The first-order valence-corrected chi connectivity index (χ1v) is 10.3. The van der Waals surface area contributed by atoms with Crippen LogP contribution in [0.3, 0.4) is 0 Å². The molecule has 1 aliphatic carbocycles. The van der Waals surface area contributed by atoms with Crippen LogP contribution < -0.4 is 5.43 Å². The maximum atomic E-state index is 13.2. The highest BCUT2D eigenvalue weighted by atomic mass is 16.2. The van der Waals surface area contributed by atoms with Crippen molar-refractivity contribution in [3.05, 3.63) is 69.6 Å². The van der Waals surface area contributed by atoms with Gasteiger partial charge in [0.2, 0.25) is 0 Å². The van der Waals surface area contributed by atoms with Gasteiger partial charge < -0.3 is 9.47 Å². The van der Waals surface area contributed by atoms with E-state index in [1.54, 1.807) is 12.3 Å². The summed E-state index contributed by atoms with van der Waals surface area (Å²) in [6.07, 6.45) is 4.99. The molecule has 4 rings (SSSR count). The smallest absolute Gasteiger partial charge is 0.259 e. The predicted molar refractivity (Wildman–Crippen MR) is 111 cm³/mol. The number of hydrogen-bond acceptors (Lipinski definition) is 3. The first-order valence-electron chi connectivity index (χ1n) is 10.3. The molecule has 2 aliphatic rings. The van der Waals surface area contributed by atoms with Crippen molar-refractivity contribution in [1.82, 2.24) is 14.4 Å². The van der Waals surface area contributed by atoms with Gasteiger partial charge in [-0.2, -0.15) is 0 Å². The van der Waals surface area contributed by atoms with E-state index in [0.29, 0.717) is 18.2 Å². The van der Waals surface area contributed by atoms with E-state index in [4.69, 9.17) is 0 Å². The zero-order valence-corrected chi connectivity index (χ0v) is 16.8. The fourth-order valence-electron chi connectivity index (χ4n) is 4.24. The van der Waals surface area contributed by atoms with Crippen LogP contribution >= 0.6 is 0 Å². The van der Waals surface area contributed by atoms with Gasteiger partial charge in [0, 0.05) is 56.2 Å². The van der Waals surface area contributed by atoms with Gasteiger partial charge >= 0.3 is 0 Å². The second kappa shape index (κ2) is 7.92. The van der Waals surface area contributed by atoms with E-state index in [1.807, 2.05) is 17.9 Å². The topological polar surface area (TPSA) is 45.6 Å². The Bertz CT molecular complexity index is 902. The minimum Gasteiger partial charge on any atom is -0.348 e. The molecule has 0 radical (unpaired) electrons. The van der Waals surface area contributed by atoms with Crippen LogP contribution in [0, 0.1) is 6.92 Å². The number of pyridine rings is 1. The van der Waals surface area contributed by atoms with Crippen LogP contribution in [-0.4, -0.2) is 46.0 Å². The Morgan fingerprint density at radius 3 is 2.61 bits per heavy atom. The van der Waals surface area contributed by atoms with Crippen molar-refractivity contribution in [2.45, 2.75) is 51.7 Å². The van der Waals surface area contributed by atoms with Crippen molar-refractivity contribution in [3.63, 3.8) is 0 Å². The van der Waals surface area contributed by atoms with E-state index < -0.39 is 0 Å². The van der Waals surface area contributed by atoms with Crippen molar-refractivity contribution in [3.8, 4) is 0 Å². The zero-order chi connectivity index (χ0) is 19.7. The second-order valence-corrected chi connectivity index (χ2v) is 8.25. The summed E-state index contributed by atoms with van der Waals surface area (Å²) in [4.78, 5) is 30.1. The van der Waals surface area contributed by atoms with Crippen molar-refractivity contribution in [1.29, 1.82) is 0 Å². The number of benzene rings is 1. The third kappa shape index (κ3) is 4.04. The Kier molecular flexibility index (Phi) is 5.36. The van der Waals surface area contributed by atoms with E-state index in [1.165, 1.54) is 5.56 Å². The average molecular weight is 380 g/mol. The van der Waals surface area contributed by atoms with Crippen LogP contribution in [0.25, 0.3) is 0 Å². The van der Waals surface area contributed by atoms with Gasteiger partial charge in [0.25, 0.3) is 5.91 Å². The lowest BCUT2D eigenvalue weighted by Gasteiger charge is -2.29. The molecular weight excluding hydrogens is 350 g/mol. The molecule has 2 fully saturated rings. The van der Waals surface area contributed by atoms with E-state index in [2.05, 4.69) is 40.7 Å². The summed E-state index contributed by atoms with van der Waals surface area (Å²) in [7, 11) is 0. The number of hydrogen-bond donors (Lipinski definition) is 0. The van der Waals surface area contributed by atoms with Crippen LogP contribution in [-0.2, 0) is 6.54 Å². The van der Waals surface area contributed by atoms with Gasteiger partial charge in [0.15, 0.2) is 5.43 Å². The first-order chi connectivity index (χ1) is 13.5. The van der Waals surface area contributed by atoms with Gasteiger partial charge in [0.1, 0.15) is 5.56 Å². The Hall–Kier alpha value is -2.40. The summed E-state index contributed by atoms with van der Waals surface area (Å²) in [6.45, 7) is 7.42. The largest absolute Gasteiger partial charge is 0.348 e. The van der Waals surface area contributed by atoms with Crippen LogP contribution in [0.15, 0.2) is 47.4 Å². The van der Waals surface area contributed by atoms with Gasteiger partial charge in [-0.1, -0.05) is 30.3 Å². The lowest BCUT2D eigenvalue weighted by atomic mass is 10.1. The number of aromatic nitrogens is 1. The second-order valence-electron chi connectivity index (χ2n) is 8.25. The SMILES string of the molecule is Cc1cc(=O)c(C(=O)N2CCCN(Cc3ccccc3)CC2C)cn1C1CC1. The van der Waals surface area contributed by atoms with Crippen LogP contribution in [0.4, 0.5) is 0 Å². The fraction of sp³-hybridized carbons (Fsp3) is 0.478. The molecule has 0 bridgehead atoms. The summed E-state index contributed by atoms with van der Waals surface area (Å²) in [5, 5.41) is 0. The maximum absolute atomic E-state index is 13.2. The summed E-state index contributed by atoms with van der Waals surface area (Å²) >= 11 is 0. The quantitative estimate of drug-likeness (QED) is 0.819. The fourth-order valence-corrected chi connectivity index (χ4v) is 4.24. The number of carbonyl (C=O) groups excluding carboxylic acids is 1. The Morgan fingerprint density at radius 1 is 1.14 bits per heavy atom. The molecule has 2 aromatic rings. The van der Waals surface area contributed by atoms with Crippen molar-refractivity contribution >= 4 is 5.91 Å². The summed E-state index contributed by atoms with van der Waals surface area (Å²) in [5.74, 6) is -0.117. The minimum absolute atomic E-state index is 0.0776. The molecule has 1 saturated carbocycles. The number of carbonyl (C=O) groups is 1. The molecule has 1 aromatic heterocycles. The third-order valence-electron chi connectivity index (χ3n) is 5.89. The molecule has 1 unspecified atom stereocenters. The summed E-state index contributed by atoms with van der Waals surface area (Å²) in [5.41, 5.74) is 2.40. The molecule has 1 aromatic carbocycles. The number of nitrogens with zero attached hydrogens (tertiary/aromatic N) is 3. The average Bonchev–Trinajstić information content (AvgIpc) is 3.51. The predicted octanol–water partition coefficient (Wildman–Crippen LogP) is 3.23. The third-order valence-corrected chi connectivity index (χ3v) is 5.89. The van der Waals surface area contributed by atoms with Crippen LogP contribution in [0.1, 0.15) is 53.8 Å². The molecule has 5 heteroatoms. The van der Waals surface area contributed by atoms with Crippen molar-refractivity contribution in [2.24, 2.45) is 0 Å². The molecule has 5 nitrogen and oxygen atoms in total. The van der Waals surface area contributed by atoms with Gasteiger partial charge in [-0.15, -0.1) is 0 Å². The van der Waals surface area contributed by atoms with E-state index >= 15 is 0 Å². The molecule has 1 aliphatic heterocycles. The summed E-state index contributed by atoms with van der Waals surface area (Å²) < 4.78 is 2.11. The Labute approximate surface area is 166 Å².